The van der Waals surface area contributed by atoms with Crippen molar-refractivity contribution in [2.24, 2.45) is 29.2 Å². The number of nitrogens with two attached hydrogens (primary N) is 2. The Hall–Kier alpha value is -8.78. The van der Waals surface area contributed by atoms with Gasteiger partial charge in [0.15, 0.2) is 0 Å². The van der Waals surface area contributed by atoms with Gasteiger partial charge in [0.05, 0.1) is 44.3 Å². The van der Waals surface area contributed by atoms with Crippen LogP contribution in [0.15, 0.2) is 12.2 Å². The second-order valence-corrected chi connectivity index (χ2v) is 24.3. The van der Waals surface area contributed by atoms with Gasteiger partial charge in [-0.1, -0.05) is 72.0 Å². The van der Waals surface area contributed by atoms with Crippen molar-refractivity contribution in [1.29, 1.82) is 0 Å². The minimum atomic E-state index is -2.13. The smallest absolute Gasteiger partial charge is 0.308 e. The molecule has 12 atom stereocenters. The standard InChI is InChI=1S/C59H94N14O19/c1-30(2)19-14-12-10-8-9-11-13-15-22-41(75)65-35(25-40(61)74)52(84)71-49-34(7)64-53(85)39-21-18-24-73(39)57(89)46(31(3)4)69-56(88)48(33(6)60)68-43(77)29-63-50(82)36(26-44(78)79)66-42(76)28-62-51(83)37(27-45(80)81)67-55(87)47(32(5)59(91)92)70-54(86)38-20-16-17-23-72(38)58(49)90/h13,15,30-39,46-49H,8-12,14,16-29,60H2,1-7H3,(H2,61,74)(H,62,83)(H,63,82)(H,64,85)(H,65,75)(H,66,76)(H,67,87)(H,68,77)(H,69,88)(H,70,86)(H,71,84)(H,78,79)(H,80,81)(H,91,92)/b15-13-/t32-,33+,34-,35-,36-,37-,38+,39-,46-,47-,48+,49-/m0/s1. The van der Waals surface area contributed by atoms with E-state index in [-0.39, 0.29) is 51.6 Å². The number of piperidine rings is 1. The molecule has 13 amide bonds. The minimum Gasteiger partial charge on any atom is -0.481 e. The van der Waals surface area contributed by atoms with Crippen molar-refractivity contribution in [3.05, 3.63) is 12.2 Å². The van der Waals surface area contributed by atoms with Crippen molar-refractivity contribution < 1.29 is 92.0 Å². The number of carboxylic acids is 3. The normalized spacial score (nSPS) is 25.2. The largest absolute Gasteiger partial charge is 0.481 e. The average Bonchev–Trinajstić information content (AvgIpc) is 1.26. The van der Waals surface area contributed by atoms with E-state index in [9.17, 15) is 87.2 Å². The number of allylic oxidation sites excluding steroid dienone is 1. The van der Waals surface area contributed by atoms with E-state index in [1.807, 2.05) is 16.7 Å². The van der Waals surface area contributed by atoms with E-state index >= 15 is 4.79 Å². The molecule has 3 aliphatic heterocycles. The molecule has 514 valence electrons. The van der Waals surface area contributed by atoms with Crippen molar-refractivity contribution >= 4 is 94.7 Å². The molecule has 0 aromatic rings. The summed E-state index contributed by atoms with van der Waals surface area (Å²) in [5.74, 6) is -21.1. The molecule has 92 heavy (non-hydrogen) atoms. The van der Waals surface area contributed by atoms with Gasteiger partial charge in [-0.2, -0.15) is 0 Å². The molecule has 3 fully saturated rings. The number of nitrogens with zero attached hydrogens (tertiary/aromatic N) is 2. The molecule has 0 aliphatic carbocycles. The van der Waals surface area contributed by atoms with Gasteiger partial charge in [0.1, 0.15) is 54.4 Å². The van der Waals surface area contributed by atoms with Crippen molar-refractivity contribution in [1.82, 2.24) is 63.0 Å². The molecule has 3 aliphatic rings. The number of aliphatic carboxylic acids is 3. The van der Waals surface area contributed by atoms with Crippen molar-refractivity contribution in [2.75, 3.05) is 26.2 Å². The van der Waals surface area contributed by atoms with E-state index in [1.54, 1.807) is 19.9 Å². The van der Waals surface area contributed by atoms with Crippen LogP contribution in [-0.4, -0.2) is 212 Å². The number of unbranched alkanes of at least 4 members (excludes halogenated alkanes) is 5. The number of fused-ring (bicyclic) bond motifs is 2. The van der Waals surface area contributed by atoms with Crippen LogP contribution in [0.3, 0.4) is 0 Å². The molecule has 0 bridgehead atoms. The molecular formula is C59H94N14O19. The van der Waals surface area contributed by atoms with Gasteiger partial charge in [0.25, 0.3) is 0 Å². The lowest BCUT2D eigenvalue weighted by molar-refractivity contribution is -0.149. The van der Waals surface area contributed by atoms with Gasteiger partial charge in [0, 0.05) is 25.6 Å². The third kappa shape index (κ3) is 25.5. The van der Waals surface area contributed by atoms with Crippen molar-refractivity contribution in [2.45, 2.75) is 218 Å². The molecule has 0 unspecified atom stereocenters. The molecule has 0 saturated carbocycles. The Morgan fingerprint density at radius 3 is 1.68 bits per heavy atom. The molecule has 3 heterocycles. The molecular weight excluding hydrogens is 1210 g/mol. The highest BCUT2D eigenvalue weighted by Gasteiger charge is 2.45. The van der Waals surface area contributed by atoms with Crippen LogP contribution in [0.4, 0.5) is 0 Å². The van der Waals surface area contributed by atoms with Gasteiger partial charge >= 0.3 is 17.9 Å². The highest BCUT2D eigenvalue weighted by molar-refractivity contribution is 6.01. The molecule has 0 radical (unpaired) electrons. The number of rotatable bonds is 23. The Bertz CT molecular complexity index is 2720. The predicted octanol–water partition coefficient (Wildman–Crippen LogP) is -3.62. The summed E-state index contributed by atoms with van der Waals surface area (Å²) < 4.78 is 0. The number of carbonyl (C=O) groups excluding carboxylic acids is 13. The highest BCUT2D eigenvalue weighted by Crippen LogP contribution is 2.24. The van der Waals surface area contributed by atoms with Crippen LogP contribution in [-0.2, 0) is 76.7 Å². The van der Waals surface area contributed by atoms with Gasteiger partial charge in [0.2, 0.25) is 76.8 Å². The number of hydrogen-bond donors (Lipinski definition) is 15. The second kappa shape index (κ2) is 38.2. The van der Waals surface area contributed by atoms with E-state index in [0.29, 0.717) is 12.3 Å². The van der Waals surface area contributed by atoms with Crippen LogP contribution >= 0.6 is 0 Å². The number of nitrogens with one attached hydrogen (secondary N) is 10. The zero-order chi connectivity index (χ0) is 69.1. The van der Waals surface area contributed by atoms with Crippen LogP contribution < -0.4 is 64.6 Å². The molecule has 33 heteroatoms. The summed E-state index contributed by atoms with van der Waals surface area (Å²) in [5.41, 5.74) is 11.7. The lowest BCUT2D eigenvalue weighted by atomic mass is 9.96. The van der Waals surface area contributed by atoms with Crippen LogP contribution in [0.5, 0.6) is 0 Å². The Balaban J connectivity index is 2.16. The number of primary amides is 1. The Kier molecular flexibility index (Phi) is 32.1. The molecule has 33 nitrogen and oxygen atoms in total. The first-order chi connectivity index (χ1) is 43.2. The number of carboxylic acid groups (broad SMARTS) is 3. The first kappa shape index (κ1) is 77.5. The summed E-state index contributed by atoms with van der Waals surface area (Å²) in [6, 6.07) is -18.3. The fourth-order valence-corrected chi connectivity index (χ4v) is 10.6. The van der Waals surface area contributed by atoms with Gasteiger partial charge < -0.3 is 89.8 Å². The molecule has 3 saturated heterocycles. The fourth-order valence-electron chi connectivity index (χ4n) is 10.6. The summed E-state index contributed by atoms with van der Waals surface area (Å²) in [4.78, 5) is 219. The SMILES string of the molecule is CC(C)CCCCCCC/C=C\CC(=O)N[C@@H](CC(N)=O)C(=O)N[C@@H]1C(=O)N2CCCC[C@@H]2C(=O)N[C@@H]([C@H](C)C(=O)O)C(=O)N[C@@H](CC(=O)O)C(=O)NCC(=O)N[C@@H](CC(=O)O)C(=O)NCC(=O)N[C@H]([C@@H](C)N)C(=O)N[C@@H](C(C)C)C(=O)N2CCC[C@H]2C(=O)N[C@H]1C. The van der Waals surface area contributed by atoms with Crippen molar-refractivity contribution in [3.63, 3.8) is 0 Å². The number of carbonyl (C=O) groups is 16. The summed E-state index contributed by atoms with van der Waals surface area (Å²) in [5, 5.41) is 52.6. The average molecular weight is 1300 g/mol. The highest BCUT2D eigenvalue weighted by atomic mass is 16.4. The maximum atomic E-state index is 15.2. The first-order valence-corrected chi connectivity index (χ1v) is 31.2. The molecule has 0 aromatic carbocycles. The number of hydrogen-bond acceptors (Lipinski definition) is 17. The minimum absolute atomic E-state index is 0.0284. The Morgan fingerprint density at radius 1 is 0.598 bits per heavy atom. The van der Waals surface area contributed by atoms with E-state index in [0.717, 1.165) is 50.3 Å². The summed E-state index contributed by atoms with van der Waals surface area (Å²) in [6.45, 7) is 8.81. The Morgan fingerprint density at radius 2 is 1.12 bits per heavy atom. The third-order valence-corrected chi connectivity index (χ3v) is 15.8. The van der Waals surface area contributed by atoms with Gasteiger partial charge in [-0.25, -0.2) is 0 Å². The van der Waals surface area contributed by atoms with Crippen LogP contribution in [0.2, 0.25) is 0 Å². The zero-order valence-electron chi connectivity index (χ0n) is 53.3. The number of amides is 13. The van der Waals surface area contributed by atoms with Gasteiger partial charge in [-0.05, 0) is 77.6 Å². The lowest BCUT2D eigenvalue weighted by Gasteiger charge is -2.39. The molecule has 0 aromatic heterocycles. The molecule has 3 rings (SSSR count). The Labute approximate surface area is 533 Å². The van der Waals surface area contributed by atoms with Crippen LogP contribution in [0, 0.1) is 17.8 Å². The van der Waals surface area contributed by atoms with Crippen LogP contribution in [0.1, 0.15) is 151 Å². The summed E-state index contributed by atoms with van der Waals surface area (Å²) >= 11 is 0. The van der Waals surface area contributed by atoms with Crippen LogP contribution in [0.25, 0.3) is 0 Å². The zero-order valence-corrected chi connectivity index (χ0v) is 53.3. The summed E-state index contributed by atoms with van der Waals surface area (Å²) in [7, 11) is 0. The lowest BCUT2D eigenvalue weighted by Crippen LogP contribution is -2.66. The third-order valence-electron chi connectivity index (χ3n) is 15.8. The predicted molar refractivity (Wildman–Crippen MR) is 326 cm³/mol. The van der Waals surface area contributed by atoms with Gasteiger partial charge in [-0.15, -0.1) is 0 Å². The first-order valence-electron chi connectivity index (χ1n) is 31.2. The summed E-state index contributed by atoms with van der Waals surface area (Å²) in [6.07, 6.45) is 7.71. The maximum absolute atomic E-state index is 15.2. The van der Waals surface area contributed by atoms with E-state index in [2.05, 4.69) is 56.4 Å². The van der Waals surface area contributed by atoms with Crippen molar-refractivity contribution in [3.8, 4) is 0 Å². The quantitative estimate of drug-likeness (QED) is 0.0347. The van der Waals surface area contributed by atoms with E-state index < -0.39 is 205 Å². The van der Waals surface area contributed by atoms with E-state index in [1.165, 1.54) is 18.7 Å². The second-order valence-electron chi connectivity index (χ2n) is 24.3. The molecule has 0 spiro atoms. The molecule has 17 N–H and O–H groups in total. The fraction of sp³-hybridized carbons (Fsp3) is 0.695. The van der Waals surface area contributed by atoms with Gasteiger partial charge in [-0.3, -0.25) is 76.7 Å². The van der Waals surface area contributed by atoms with E-state index in [4.69, 9.17) is 11.5 Å². The maximum Gasteiger partial charge on any atom is 0.308 e. The topological polar surface area (TPSA) is 513 Å². The monoisotopic (exact) mass is 1300 g/mol.